The van der Waals surface area contributed by atoms with E-state index in [4.69, 9.17) is 4.74 Å². The van der Waals surface area contributed by atoms with Crippen LogP contribution in [0.5, 0.6) is 0 Å². The van der Waals surface area contributed by atoms with Crippen LogP contribution in [0.15, 0.2) is 24.3 Å². The molecule has 0 spiro atoms. The highest BCUT2D eigenvalue weighted by Crippen LogP contribution is 2.12. The molecule has 0 radical (unpaired) electrons. The van der Waals surface area contributed by atoms with Crippen LogP contribution in [0.2, 0.25) is 0 Å². The topological polar surface area (TPSA) is 75.7 Å². The first-order valence-electron chi connectivity index (χ1n) is 7.99. The molecule has 1 aromatic rings. The highest BCUT2D eigenvalue weighted by molar-refractivity contribution is 5.95. The predicted molar refractivity (Wildman–Crippen MR) is 85.6 cm³/mol. The molecule has 1 aliphatic heterocycles. The summed E-state index contributed by atoms with van der Waals surface area (Å²) in [6, 6.07) is 5.27. The van der Waals surface area contributed by atoms with E-state index < -0.39 is 23.8 Å². The average Bonchev–Trinajstić information content (AvgIpc) is 2.74. The first-order chi connectivity index (χ1) is 11.5. The molecule has 0 saturated carbocycles. The van der Waals surface area contributed by atoms with Crippen LogP contribution < -0.4 is 5.32 Å². The van der Waals surface area contributed by atoms with Gasteiger partial charge in [-0.2, -0.15) is 0 Å². The number of rotatable bonds is 5. The summed E-state index contributed by atoms with van der Waals surface area (Å²) >= 11 is 0. The molecule has 2 rings (SSSR count). The zero-order valence-electron chi connectivity index (χ0n) is 13.6. The largest absolute Gasteiger partial charge is 0.451 e. The summed E-state index contributed by atoms with van der Waals surface area (Å²) in [6.07, 6.45) is 2.09. The molecule has 0 aromatic heterocycles. The number of nitrogens with one attached hydrogen (secondary N) is 1. The summed E-state index contributed by atoms with van der Waals surface area (Å²) in [4.78, 5) is 37.2. The summed E-state index contributed by atoms with van der Waals surface area (Å²) in [5.41, 5.74) is 0.409. The number of carbonyl (C=O) groups is 3. The van der Waals surface area contributed by atoms with Gasteiger partial charge in [0.25, 0.3) is 5.91 Å². The SMILES string of the molecule is C[C@@H](OC(=O)CN1CCCCCC1=O)C(=O)Nc1ccc(F)cc1. The Morgan fingerprint density at radius 3 is 2.67 bits per heavy atom. The van der Waals surface area contributed by atoms with Crippen LogP contribution in [0.4, 0.5) is 10.1 Å². The van der Waals surface area contributed by atoms with Crippen molar-refractivity contribution in [2.75, 3.05) is 18.4 Å². The number of anilines is 1. The van der Waals surface area contributed by atoms with Gasteiger partial charge in [-0.25, -0.2) is 4.39 Å². The lowest BCUT2D eigenvalue weighted by Gasteiger charge is -2.20. The number of hydrogen-bond acceptors (Lipinski definition) is 4. The van der Waals surface area contributed by atoms with Crippen molar-refractivity contribution in [2.24, 2.45) is 0 Å². The maximum atomic E-state index is 12.8. The van der Waals surface area contributed by atoms with Gasteiger partial charge in [-0.1, -0.05) is 6.42 Å². The van der Waals surface area contributed by atoms with Crippen LogP contribution in [-0.2, 0) is 19.1 Å². The second-order valence-electron chi connectivity index (χ2n) is 5.75. The molecule has 2 amide bonds. The molecule has 24 heavy (non-hydrogen) atoms. The van der Waals surface area contributed by atoms with E-state index >= 15 is 0 Å². The highest BCUT2D eigenvalue weighted by atomic mass is 19.1. The van der Waals surface area contributed by atoms with Crippen molar-refractivity contribution in [1.82, 2.24) is 4.90 Å². The van der Waals surface area contributed by atoms with Crippen LogP contribution in [0.25, 0.3) is 0 Å². The Kier molecular flexibility index (Phi) is 6.28. The summed E-state index contributed by atoms with van der Waals surface area (Å²) in [5, 5.41) is 2.53. The van der Waals surface area contributed by atoms with Crippen molar-refractivity contribution < 1.29 is 23.5 Å². The van der Waals surface area contributed by atoms with Crippen LogP contribution in [0.1, 0.15) is 32.6 Å². The summed E-state index contributed by atoms with van der Waals surface area (Å²) in [5.74, 6) is -1.60. The smallest absolute Gasteiger partial charge is 0.326 e. The standard InChI is InChI=1S/C17H21FN2O4/c1-12(17(23)19-14-8-6-13(18)7-9-14)24-16(22)11-20-10-4-2-3-5-15(20)21/h6-9,12H,2-5,10-11H2,1H3,(H,19,23)/t12-/m1/s1. The van der Waals surface area contributed by atoms with Crippen molar-refractivity contribution in [2.45, 2.75) is 38.7 Å². The fourth-order valence-electron chi connectivity index (χ4n) is 2.43. The molecule has 130 valence electrons. The Balaban J connectivity index is 1.82. The number of ether oxygens (including phenoxy) is 1. The number of benzene rings is 1. The third-order valence-corrected chi connectivity index (χ3v) is 3.78. The maximum absolute atomic E-state index is 12.8. The Morgan fingerprint density at radius 2 is 1.96 bits per heavy atom. The molecule has 7 heteroatoms. The number of carbonyl (C=O) groups excluding carboxylic acids is 3. The van der Waals surface area contributed by atoms with Gasteiger partial charge >= 0.3 is 5.97 Å². The van der Waals surface area contributed by atoms with E-state index in [0.717, 1.165) is 19.3 Å². The van der Waals surface area contributed by atoms with Gasteiger partial charge in [-0.15, -0.1) is 0 Å². The minimum atomic E-state index is -1.01. The number of esters is 1. The Bertz CT molecular complexity index is 603. The fraction of sp³-hybridized carbons (Fsp3) is 0.471. The van der Waals surface area contributed by atoms with Crippen LogP contribution in [0.3, 0.4) is 0 Å². The van der Waals surface area contributed by atoms with Crippen molar-refractivity contribution in [3.8, 4) is 0 Å². The molecule has 1 N–H and O–H groups in total. The van der Waals surface area contributed by atoms with E-state index in [1.807, 2.05) is 0 Å². The Morgan fingerprint density at radius 1 is 1.25 bits per heavy atom. The lowest BCUT2D eigenvalue weighted by atomic mass is 10.2. The third-order valence-electron chi connectivity index (χ3n) is 3.78. The van der Waals surface area contributed by atoms with Gasteiger partial charge in [0.2, 0.25) is 5.91 Å². The van der Waals surface area contributed by atoms with Crippen LogP contribution in [0, 0.1) is 5.82 Å². The molecule has 1 saturated heterocycles. The summed E-state index contributed by atoms with van der Waals surface area (Å²) in [6.45, 7) is 1.83. The maximum Gasteiger partial charge on any atom is 0.326 e. The molecule has 0 bridgehead atoms. The lowest BCUT2D eigenvalue weighted by Crippen LogP contribution is -2.38. The number of hydrogen-bond donors (Lipinski definition) is 1. The highest BCUT2D eigenvalue weighted by Gasteiger charge is 2.23. The van der Waals surface area contributed by atoms with Crippen molar-refractivity contribution in [3.05, 3.63) is 30.1 Å². The molecular formula is C17H21FN2O4. The number of nitrogens with zero attached hydrogens (tertiary/aromatic N) is 1. The predicted octanol–water partition coefficient (Wildman–Crippen LogP) is 2.10. The lowest BCUT2D eigenvalue weighted by molar-refractivity contribution is -0.156. The van der Waals surface area contributed by atoms with Crippen molar-refractivity contribution in [3.63, 3.8) is 0 Å². The van der Waals surface area contributed by atoms with Crippen molar-refractivity contribution >= 4 is 23.5 Å². The van der Waals surface area contributed by atoms with E-state index in [0.29, 0.717) is 18.7 Å². The molecule has 1 fully saturated rings. The first kappa shape index (κ1) is 17.9. The third kappa shape index (κ3) is 5.33. The van der Waals surface area contributed by atoms with Gasteiger partial charge in [0, 0.05) is 18.7 Å². The quantitative estimate of drug-likeness (QED) is 0.836. The normalized spacial score (nSPS) is 16.2. The molecule has 1 aromatic carbocycles. The van der Waals surface area contributed by atoms with Gasteiger partial charge in [-0.3, -0.25) is 14.4 Å². The summed E-state index contributed by atoms with van der Waals surface area (Å²) < 4.78 is 17.9. The van der Waals surface area contributed by atoms with E-state index in [1.54, 1.807) is 0 Å². The number of amides is 2. The molecular weight excluding hydrogens is 315 g/mol. The van der Waals surface area contributed by atoms with Gasteiger partial charge in [0.1, 0.15) is 12.4 Å². The molecule has 1 atom stereocenters. The number of halogens is 1. The average molecular weight is 336 g/mol. The van der Waals surface area contributed by atoms with E-state index in [1.165, 1.54) is 36.1 Å². The fourth-order valence-corrected chi connectivity index (χ4v) is 2.43. The molecule has 1 aliphatic rings. The first-order valence-corrected chi connectivity index (χ1v) is 7.99. The van der Waals surface area contributed by atoms with Gasteiger partial charge in [0.05, 0.1) is 0 Å². The second-order valence-corrected chi connectivity index (χ2v) is 5.75. The second kappa shape index (κ2) is 8.42. The minimum absolute atomic E-state index is 0.0622. The zero-order chi connectivity index (χ0) is 17.5. The van der Waals surface area contributed by atoms with E-state index in [9.17, 15) is 18.8 Å². The minimum Gasteiger partial charge on any atom is -0.451 e. The van der Waals surface area contributed by atoms with E-state index in [-0.39, 0.29) is 12.5 Å². The van der Waals surface area contributed by atoms with Gasteiger partial charge < -0.3 is 15.0 Å². The van der Waals surface area contributed by atoms with Crippen LogP contribution >= 0.6 is 0 Å². The zero-order valence-corrected chi connectivity index (χ0v) is 13.6. The van der Waals surface area contributed by atoms with E-state index in [2.05, 4.69) is 5.32 Å². The summed E-state index contributed by atoms with van der Waals surface area (Å²) in [7, 11) is 0. The molecule has 0 aliphatic carbocycles. The molecule has 1 heterocycles. The monoisotopic (exact) mass is 336 g/mol. The van der Waals surface area contributed by atoms with Crippen molar-refractivity contribution in [1.29, 1.82) is 0 Å². The molecule has 6 nitrogen and oxygen atoms in total. The van der Waals surface area contributed by atoms with Crippen LogP contribution in [-0.4, -0.2) is 41.9 Å². The van der Waals surface area contributed by atoms with Gasteiger partial charge in [-0.05, 0) is 44.0 Å². The molecule has 0 unspecified atom stereocenters. The van der Waals surface area contributed by atoms with Gasteiger partial charge in [0.15, 0.2) is 6.10 Å². The number of likely N-dealkylation sites (tertiary alicyclic amines) is 1. The Hall–Kier alpha value is -2.44. The Labute approximate surface area is 140 Å².